The first-order chi connectivity index (χ1) is 5.66. The molecule has 1 nitrogen and oxygen atoms in total. The molecule has 2 heteroatoms. The molecule has 0 saturated carbocycles. The van der Waals surface area contributed by atoms with Crippen LogP contribution in [0.2, 0.25) is 0 Å². The molecule has 0 fully saturated rings. The highest BCUT2D eigenvalue weighted by atomic mass is 28.1. The Kier molecular flexibility index (Phi) is 2.92. The fraction of sp³-hybridized carbons (Fsp3) is 0.400. The van der Waals surface area contributed by atoms with Gasteiger partial charge in [0.25, 0.3) is 0 Å². The molecule has 66 valence electrons. The van der Waals surface area contributed by atoms with Crippen LogP contribution >= 0.6 is 0 Å². The maximum absolute atomic E-state index is 5.49. The minimum atomic E-state index is 0.751. The second-order valence-electron chi connectivity index (χ2n) is 3.06. The lowest BCUT2D eigenvalue weighted by atomic mass is 10.1. The van der Waals surface area contributed by atoms with E-state index in [9.17, 15) is 0 Å². The Morgan fingerprint density at radius 3 is 2.50 bits per heavy atom. The summed E-state index contributed by atoms with van der Waals surface area (Å²) in [4.78, 5) is 0. The molecule has 0 amide bonds. The first-order valence-corrected chi connectivity index (χ1v) is 5.36. The molecule has 0 spiro atoms. The Balaban J connectivity index is 3.08. The van der Waals surface area contributed by atoms with E-state index in [1.165, 1.54) is 16.3 Å². The van der Waals surface area contributed by atoms with Crippen LogP contribution in [0.5, 0.6) is 5.75 Å². The van der Waals surface area contributed by atoms with Crippen LogP contribution in [0.1, 0.15) is 18.1 Å². The Labute approximate surface area is 77.2 Å². The summed E-state index contributed by atoms with van der Waals surface area (Å²) in [6.45, 7) is 7.06. The lowest BCUT2D eigenvalue weighted by Crippen LogP contribution is -2.09. The highest BCUT2D eigenvalue weighted by molar-refractivity contribution is 6.33. The number of benzene rings is 1. The van der Waals surface area contributed by atoms with Crippen LogP contribution in [-0.4, -0.2) is 16.8 Å². The summed E-state index contributed by atoms with van der Waals surface area (Å²) >= 11 is 0. The van der Waals surface area contributed by atoms with Crippen LogP contribution in [-0.2, 0) is 0 Å². The quantitative estimate of drug-likeness (QED) is 0.609. The second kappa shape index (κ2) is 3.76. The molecule has 0 N–H and O–H groups in total. The van der Waals surface area contributed by atoms with Crippen molar-refractivity contribution in [3.8, 4) is 5.75 Å². The Hall–Kier alpha value is -0.763. The van der Waals surface area contributed by atoms with E-state index in [0.717, 1.165) is 22.6 Å². The SMILES string of the molecule is CCOc1ccc([SiH3])c(C)c1C. The van der Waals surface area contributed by atoms with Crippen molar-refractivity contribution in [2.75, 3.05) is 6.61 Å². The molecule has 0 saturated heterocycles. The highest BCUT2D eigenvalue weighted by Crippen LogP contribution is 2.18. The third-order valence-electron chi connectivity index (χ3n) is 2.31. The monoisotopic (exact) mass is 180 g/mol. The number of hydrogen-bond donors (Lipinski definition) is 0. The molecule has 0 bridgehead atoms. The van der Waals surface area contributed by atoms with Gasteiger partial charge in [-0.25, -0.2) is 0 Å². The van der Waals surface area contributed by atoms with Crippen LogP contribution in [0.15, 0.2) is 12.1 Å². The lowest BCUT2D eigenvalue weighted by molar-refractivity contribution is 0.337. The van der Waals surface area contributed by atoms with Gasteiger partial charge in [-0.1, -0.05) is 11.3 Å². The van der Waals surface area contributed by atoms with Gasteiger partial charge in [0.05, 0.1) is 6.61 Å². The molecule has 1 aromatic rings. The van der Waals surface area contributed by atoms with Crippen molar-refractivity contribution in [3.05, 3.63) is 23.3 Å². The van der Waals surface area contributed by atoms with Gasteiger partial charge >= 0.3 is 0 Å². The predicted molar refractivity (Wildman–Crippen MR) is 56.7 cm³/mol. The fourth-order valence-electron chi connectivity index (χ4n) is 1.24. The van der Waals surface area contributed by atoms with E-state index >= 15 is 0 Å². The number of rotatable bonds is 2. The van der Waals surface area contributed by atoms with E-state index in [1.807, 2.05) is 6.92 Å². The number of ether oxygens (including phenoxy) is 1. The van der Waals surface area contributed by atoms with E-state index in [1.54, 1.807) is 0 Å². The van der Waals surface area contributed by atoms with Crippen LogP contribution in [0.4, 0.5) is 0 Å². The van der Waals surface area contributed by atoms with Gasteiger partial charge in [-0.2, -0.15) is 0 Å². The summed E-state index contributed by atoms with van der Waals surface area (Å²) in [6, 6.07) is 4.24. The highest BCUT2D eigenvalue weighted by Gasteiger charge is 2.02. The molecule has 0 aromatic heterocycles. The molecule has 0 unspecified atom stereocenters. The van der Waals surface area contributed by atoms with Gasteiger partial charge in [0, 0.05) is 10.2 Å². The zero-order valence-corrected chi connectivity index (χ0v) is 10.3. The average molecular weight is 180 g/mol. The van der Waals surface area contributed by atoms with Crippen molar-refractivity contribution >= 4 is 15.4 Å². The number of hydrogen-bond acceptors (Lipinski definition) is 1. The van der Waals surface area contributed by atoms with Crippen LogP contribution < -0.4 is 9.92 Å². The summed E-state index contributed by atoms with van der Waals surface area (Å²) in [5.74, 6) is 1.04. The maximum Gasteiger partial charge on any atom is 0.122 e. The summed E-state index contributed by atoms with van der Waals surface area (Å²) < 4.78 is 5.49. The zero-order chi connectivity index (χ0) is 9.14. The third-order valence-corrected chi connectivity index (χ3v) is 3.39. The molecule has 1 aromatic carbocycles. The molecule has 1 rings (SSSR count). The minimum Gasteiger partial charge on any atom is -0.494 e. The smallest absolute Gasteiger partial charge is 0.122 e. The van der Waals surface area contributed by atoms with Crippen molar-refractivity contribution in [2.24, 2.45) is 0 Å². The maximum atomic E-state index is 5.49. The molecule has 0 aliphatic rings. The van der Waals surface area contributed by atoms with E-state index in [2.05, 4.69) is 26.0 Å². The van der Waals surface area contributed by atoms with E-state index < -0.39 is 0 Å². The standard InChI is InChI=1S/C10H16OSi/c1-4-11-9-5-6-10(12)8(3)7(9)2/h5-6H,4H2,1-3,12H3. The van der Waals surface area contributed by atoms with Crippen LogP contribution in [0.3, 0.4) is 0 Å². The van der Waals surface area contributed by atoms with E-state index in [0.29, 0.717) is 0 Å². The topological polar surface area (TPSA) is 9.23 Å². The molecule has 0 aliphatic heterocycles. The Morgan fingerprint density at radius 2 is 1.92 bits per heavy atom. The molecule has 0 aliphatic carbocycles. The van der Waals surface area contributed by atoms with E-state index in [-0.39, 0.29) is 0 Å². The Bertz CT molecular complexity index is 281. The average Bonchev–Trinajstić information content (AvgIpc) is 2.07. The normalized spacial score (nSPS) is 10.2. The van der Waals surface area contributed by atoms with Crippen molar-refractivity contribution < 1.29 is 4.74 Å². The molecular formula is C10H16OSi. The van der Waals surface area contributed by atoms with Gasteiger partial charge in [-0.3, -0.25) is 0 Å². The molecule has 0 radical (unpaired) electrons. The van der Waals surface area contributed by atoms with Gasteiger partial charge in [-0.15, -0.1) is 0 Å². The van der Waals surface area contributed by atoms with Gasteiger partial charge in [-0.05, 0) is 38.0 Å². The van der Waals surface area contributed by atoms with Gasteiger partial charge < -0.3 is 4.74 Å². The van der Waals surface area contributed by atoms with Crippen LogP contribution in [0.25, 0.3) is 0 Å². The minimum absolute atomic E-state index is 0.751. The van der Waals surface area contributed by atoms with Crippen molar-refractivity contribution in [3.63, 3.8) is 0 Å². The van der Waals surface area contributed by atoms with Gasteiger partial charge in [0.15, 0.2) is 0 Å². The first kappa shape index (κ1) is 9.33. The van der Waals surface area contributed by atoms with Crippen molar-refractivity contribution in [1.29, 1.82) is 0 Å². The summed E-state index contributed by atoms with van der Waals surface area (Å²) in [7, 11) is 1.12. The van der Waals surface area contributed by atoms with Crippen LogP contribution in [0, 0.1) is 13.8 Å². The summed E-state index contributed by atoms with van der Waals surface area (Å²) in [5, 5.41) is 1.47. The summed E-state index contributed by atoms with van der Waals surface area (Å²) in [5.41, 5.74) is 2.69. The molecule has 12 heavy (non-hydrogen) atoms. The van der Waals surface area contributed by atoms with Crippen molar-refractivity contribution in [2.45, 2.75) is 20.8 Å². The molecule has 0 heterocycles. The third kappa shape index (κ3) is 1.69. The van der Waals surface area contributed by atoms with Crippen molar-refractivity contribution in [1.82, 2.24) is 0 Å². The second-order valence-corrected chi connectivity index (χ2v) is 4.14. The Morgan fingerprint density at radius 1 is 1.25 bits per heavy atom. The largest absolute Gasteiger partial charge is 0.494 e. The zero-order valence-electron chi connectivity index (χ0n) is 8.27. The van der Waals surface area contributed by atoms with Gasteiger partial charge in [0.1, 0.15) is 5.75 Å². The van der Waals surface area contributed by atoms with Gasteiger partial charge in [0.2, 0.25) is 0 Å². The fourth-order valence-corrected chi connectivity index (χ4v) is 1.78. The molecular weight excluding hydrogens is 164 g/mol. The first-order valence-electron chi connectivity index (χ1n) is 4.36. The predicted octanol–water partition coefficient (Wildman–Crippen LogP) is 0.693. The molecule has 0 atom stereocenters. The van der Waals surface area contributed by atoms with E-state index in [4.69, 9.17) is 4.74 Å². The summed E-state index contributed by atoms with van der Waals surface area (Å²) in [6.07, 6.45) is 0. The lowest BCUT2D eigenvalue weighted by Gasteiger charge is -2.10.